The zero-order valence-corrected chi connectivity index (χ0v) is 24.9. The number of benzene rings is 6. The van der Waals surface area contributed by atoms with Crippen molar-refractivity contribution in [1.82, 2.24) is 0 Å². The van der Waals surface area contributed by atoms with Gasteiger partial charge in [-0.1, -0.05) is 97.1 Å². The third kappa shape index (κ3) is 7.72. The fourth-order valence-corrected chi connectivity index (χ4v) is 6.79. The van der Waals surface area contributed by atoms with Crippen LogP contribution in [0.25, 0.3) is 0 Å². The summed E-state index contributed by atoms with van der Waals surface area (Å²) in [7, 11) is -3.22. The minimum Gasteiger partial charge on any atom is -0.456 e. The molecule has 5 nitrogen and oxygen atoms in total. The van der Waals surface area contributed by atoms with Crippen molar-refractivity contribution in [2.24, 2.45) is 0 Å². The van der Waals surface area contributed by atoms with Gasteiger partial charge in [-0.05, 0) is 72.8 Å². The van der Waals surface area contributed by atoms with Crippen LogP contribution in [0, 0.1) is 0 Å². The van der Waals surface area contributed by atoms with Crippen molar-refractivity contribution >= 4 is 27.4 Å². The highest BCUT2D eigenvalue weighted by atomic mass is 31.2. The molecule has 0 atom stereocenters. The summed E-state index contributed by atoms with van der Waals surface area (Å²) in [6, 6.07) is 54.2. The molecule has 0 N–H and O–H groups in total. The second-order valence-electron chi connectivity index (χ2n) is 9.17. The minimum atomic E-state index is -1.61. The Labute approximate surface area is 254 Å². The fourth-order valence-electron chi connectivity index (χ4n) is 4.05. The molecule has 0 spiro atoms. The van der Waals surface area contributed by atoms with Crippen molar-refractivity contribution < 1.29 is 22.8 Å². The van der Waals surface area contributed by atoms with Gasteiger partial charge in [-0.3, -0.25) is 0 Å². The maximum Gasteiger partial charge on any atom is 0.329 e. The molecule has 0 aliphatic rings. The lowest BCUT2D eigenvalue weighted by atomic mass is 10.3. The van der Waals surface area contributed by atoms with E-state index in [1.165, 1.54) is 0 Å². The van der Waals surface area contributed by atoms with E-state index in [9.17, 15) is 0 Å². The lowest BCUT2D eigenvalue weighted by molar-refractivity contribution is 0.474. The zero-order valence-electron chi connectivity index (χ0n) is 23.1. The van der Waals surface area contributed by atoms with Crippen molar-refractivity contribution in [3.8, 4) is 34.5 Å². The summed E-state index contributed by atoms with van der Waals surface area (Å²) in [5.74, 6) is 4.04. The number of hydrogen-bond donors (Lipinski definition) is 0. The quantitative estimate of drug-likeness (QED) is 0.131. The number of ether oxygens (including phenoxy) is 1. The van der Waals surface area contributed by atoms with E-state index in [-0.39, 0.29) is 0 Å². The Kier molecular flexibility index (Phi) is 9.46. The van der Waals surface area contributed by atoms with Gasteiger partial charge in [0.05, 0.1) is 10.6 Å². The van der Waals surface area contributed by atoms with E-state index in [2.05, 4.69) is 0 Å². The van der Waals surface area contributed by atoms with E-state index in [0.29, 0.717) is 34.5 Å². The van der Waals surface area contributed by atoms with Crippen LogP contribution in [0.4, 0.5) is 0 Å². The molecule has 6 aromatic carbocycles. The number of rotatable bonds is 12. The third-order valence-electron chi connectivity index (χ3n) is 6.07. The second-order valence-corrected chi connectivity index (χ2v) is 11.9. The largest absolute Gasteiger partial charge is 0.456 e. The van der Waals surface area contributed by atoms with Crippen LogP contribution in [-0.4, -0.2) is 0 Å². The predicted octanol–water partition coefficient (Wildman–Crippen LogP) is 9.67. The van der Waals surface area contributed by atoms with Gasteiger partial charge >= 0.3 is 16.8 Å². The Hall–Kier alpha value is -4.82. The normalized spacial score (nSPS) is 10.7. The summed E-state index contributed by atoms with van der Waals surface area (Å²) in [6.07, 6.45) is 0. The average Bonchev–Trinajstić information content (AvgIpc) is 3.07. The molecule has 43 heavy (non-hydrogen) atoms. The summed E-state index contributed by atoms with van der Waals surface area (Å²) in [5.41, 5.74) is 0. The van der Waals surface area contributed by atoms with Gasteiger partial charge in [0, 0.05) is 0 Å². The summed E-state index contributed by atoms with van der Waals surface area (Å²) >= 11 is 0. The smallest absolute Gasteiger partial charge is 0.329 e. The summed E-state index contributed by atoms with van der Waals surface area (Å²) in [4.78, 5) is 0. The van der Waals surface area contributed by atoms with Crippen molar-refractivity contribution in [1.29, 1.82) is 0 Å². The molecule has 7 heteroatoms. The summed E-state index contributed by atoms with van der Waals surface area (Å²) in [6.45, 7) is 0. The Bertz CT molecular complexity index is 1490. The van der Waals surface area contributed by atoms with Gasteiger partial charge in [-0.2, -0.15) is 0 Å². The molecule has 0 aromatic heterocycles. The SMILES string of the molecule is c1ccc(OP(Oc2ccccc2)c2ccccc2Oc2ccccc2P(Oc2ccccc2)Oc2ccccc2)cc1. The first-order chi connectivity index (χ1) is 21.3. The summed E-state index contributed by atoms with van der Waals surface area (Å²) in [5, 5.41) is 1.58. The van der Waals surface area contributed by atoms with E-state index in [1.54, 1.807) is 0 Å². The van der Waals surface area contributed by atoms with Gasteiger partial charge in [0.25, 0.3) is 0 Å². The van der Waals surface area contributed by atoms with Gasteiger partial charge in [0.15, 0.2) is 0 Å². The molecule has 0 saturated carbocycles. The Morgan fingerprint density at radius 1 is 0.279 bits per heavy atom. The first kappa shape index (κ1) is 28.3. The highest BCUT2D eigenvalue weighted by molar-refractivity contribution is 7.57. The van der Waals surface area contributed by atoms with Gasteiger partial charge in [-0.25, -0.2) is 0 Å². The standard InChI is InChI=1S/C36H28O5P2/c1-5-17-29(18-6-1)38-42(39-30-19-7-2-8-20-30)35-27-15-13-25-33(35)37-34-26-14-16-28-36(34)43(40-31-21-9-3-10-22-31)41-32-23-11-4-12-24-32/h1-28H. The van der Waals surface area contributed by atoms with Gasteiger partial charge in [0.1, 0.15) is 34.5 Å². The number of hydrogen-bond acceptors (Lipinski definition) is 5. The molecule has 0 bridgehead atoms. The van der Waals surface area contributed by atoms with Crippen molar-refractivity contribution in [2.75, 3.05) is 0 Å². The maximum atomic E-state index is 6.67. The molecule has 0 radical (unpaired) electrons. The fraction of sp³-hybridized carbons (Fsp3) is 0. The Morgan fingerprint density at radius 3 is 0.837 bits per heavy atom. The highest BCUT2D eigenvalue weighted by Gasteiger charge is 2.27. The average molecular weight is 603 g/mol. The van der Waals surface area contributed by atoms with Crippen molar-refractivity contribution in [3.05, 3.63) is 170 Å². The van der Waals surface area contributed by atoms with E-state index >= 15 is 0 Å². The van der Waals surface area contributed by atoms with Gasteiger partial charge < -0.3 is 22.8 Å². The van der Waals surface area contributed by atoms with Crippen LogP contribution in [0.5, 0.6) is 34.5 Å². The van der Waals surface area contributed by atoms with Crippen LogP contribution in [0.1, 0.15) is 0 Å². The van der Waals surface area contributed by atoms with Crippen LogP contribution in [-0.2, 0) is 0 Å². The topological polar surface area (TPSA) is 46.2 Å². The van der Waals surface area contributed by atoms with Crippen LogP contribution in [0.15, 0.2) is 170 Å². The van der Waals surface area contributed by atoms with Crippen molar-refractivity contribution in [3.63, 3.8) is 0 Å². The molecule has 0 aliphatic heterocycles. The molecule has 6 rings (SSSR count). The third-order valence-corrected chi connectivity index (χ3v) is 9.10. The predicted molar refractivity (Wildman–Crippen MR) is 174 cm³/mol. The molecule has 6 aromatic rings. The molecule has 0 aliphatic carbocycles. The molecule has 0 amide bonds. The van der Waals surface area contributed by atoms with Gasteiger partial charge in [0.2, 0.25) is 0 Å². The maximum absolute atomic E-state index is 6.67. The number of para-hydroxylation sites is 6. The first-order valence-corrected chi connectivity index (χ1v) is 16.1. The molecule has 0 saturated heterocycles. The van der Waals surface area contributed by atoms with Crippen LogP contribution in [0.2, 0.25) is 0 Å². The second kappa shape index (κ2) is 14.4. The van der Waals surface area contributed by atoms with Crippen LogP contribution in [0.3, 0.4) is 0 Å². The molecule has 0 heterocycles. The monoisotopic (exact) mass is 602 g/mol. The zero-order chi connectivity index (χ0) is 29.1. The Morgan fingerprint density at radius 2 is 0.535 bits per heavy atom. The molecular formula is C36H28O5P2. The first-order valence-electron chi connectivity index (χ1n) is 13.7. The highest BCUT2D eigenvalue weighted by Crippen LogP contribution is 2.45. The van der Waals surface area contributed by atoms with Crippen LogP contribution >= 0.6 is 16.8 Å². The molecular weight excluding hydrogens is 574 g/mol. The van der Waals surface area contributed by atoms with Crippen molar-refractivity contribution in [2.45, 2.75) is 0 Å². The van der Waals surface area contributed by atoms with E-state index < -0.39 is 16.8 Å². The lowest BCUT2D eigenvalue weighted by Crippen LogP contribution is -2.16. The van der Waals surface area contributed by atoms with E-state index in [4.69, 9.17) is 22.8 Å². The minimum absolute atomic E-state index is 0.613. The molecule has 0 unspecified atom stereocenters. The Balaban J connectivity index is 1.35. The molecule has 0 fully saturated rings. The van der Waals surface area contributed by atoms with E-state index in [1.807, 2.05) is 170 Å². The van der Waals surface area contributed by atoms with E-state index in [0.717, 1.165) is 10.6 Å². The van der Waals surface area contributed by atoms with Gasteiger partial charge in [-0.15, -0.1) is 0 Å². The lowest BCUT2D eigenvalue weighted by Gasteiger charge is -2.23. The van der Waals surface area contributed by atoms with Crippen LogP contribution < -0.4 is 33.4 Å². The summed E-state index contributed by atoms with van der Waals surface area (Å²) < 4.78 is 32.4. The molecule has 212 valence electrons.